The van der Waals surface area contributed by atoms with Gasteiger partial charge in [-0.3, -0.25) is 9.58 Å². The van der Waals surface area contributed by atoms with Gasteiger partial charge in [0.15, 0.2) is 0 Å². The number of carbonyl (C=O) groups excluding carboxylic acids is 1. The van der Waals surface area contributed by atoms with E-state index < -0.39 is 0 Å². The second-order valence-electron chi connectivity index (χ2n) is 6.89. The highest BCUT2D eigenvalue weighted by atomic mass is 16.2. The van der Waals surface area contributed by atoms with Gasteiger partial charge >= 0.3 is 6.03 Å². The largest absolute Gasteiger partial charge is 0.332 e. The Morgan fingerprint density at radius 2 is 2.22 bits per heavy atom. The fourth-order valence-electron chi connectivity index (χ4n) is 3.18. The van der Waals surface area contributed by atoms with Crippen LogP contribution in [0.3, 0.4) is 0 Å². The highest BCUT2D eigenvalue weighted by Gasteiger charge is 2.18. The molecule has 0 aliphatic carbocycles. The van der Waals surface area contributed by atoms with Gasteiger partial charge in [-0.2, -0.15) is 5.10 Å². The van der Waals surface area contributed by atoms with E-state index in [9.17, 15) is 4.79 Å². The lowest BCUT2D eigenvalue weighted by Crippen LogP contribution is -2.34. The number of nitrogens with zero attached hydrogens (tertiary/aromatic N) is 4. The van der Waals surface area contributed by atoms with Crippen molar-refractivity contribution in [1.82, 2.24) is 24.9 Å². The molecule has 1 atom stereocenters. The van der Waals surface area contributed by atoms with Gasteiger partial charge in [-0.25, -0.2) is 4.79 Å². The van der Waals surface area contributed by atoms with Crippen molar-refractivity contribution in [3.05, 3.63) is 17.5 Å². The van der Waals surface area contributed by atoms with Crippen LogP contribution in [0.15, 0.2) is 6.07 Å². The Kier molecular flexibility index (Phi) is 6.45. The number of aromatic nitrogens is 2. The summed E-state index contributed by atoms with van der Waals surface area (Å²) in [5.41, 5.74) is 2.21. The maximum Gasteiger partial charge on any atom is 0.317 e. The number of urea groups is 1. The van der Waals surface area contributed by atoms with Gasteiger partial charge in [-0.1, -0.05) is 20.3 Å². The maximum atomic E-state index is 11.6. The molecule has 23 heavy (non-hydrogen) atoms. The fraction of sp³-hybridized carbons (Fsp3) is 0.765. The van der Waals surface area contributed by atoms with Crippen molar-refractivity contribution in [3.63, 3.8) is 0 Å². The summed E-state index contributed by atoms with van der Waals surface area (Å²) in [6.07, 6.45) is 3.68. The number of amides is 2. The molecule has 0 fully saturated rings. The first-order chi connectivity index (χ1) is 11.0. The third kappa shape index (κ3) is 5.23. The summed E-state index contributed by atoms with van der Waals surface area (Å²) in [6.45, 7) is 9.31. The number of hydrogen-bond acceptors (Lipinski definition) is 3. The molecule has 0 bridgehead atoms. The van der Waals surface area contributed by atoms with E-state index in [4.69, 9.17) is 0 Å². The van der Waals surface area contributed by atoms with E-state index in [1.165, 1.54) is 23.4 Å². The Labute approximate surface area is 139 Å². The molecule has 1 aliphatic heterocycles. The molecule has 6 heteroatoms. The Morgan fingerprint density at radius 1 is 1.43 bits per heavy atom. The summed E-state index contributed by atoms with van der Waals surface area (Å²) in [6, 6.07) is 2.06. The molecule has 0 aromatic carbocycles. The first-order valence-electron chi connectivity index (χ1n) is 8.72. The van der Waals surface area contributed by atoms with Gasteiger partial charge in [0, 0.05) is 40.3 Å². The van der Waals surface area contributed by atoms with Gasteiger partial charge in [0.05, 0.1) is 17.9 Å². The Hall–Kier alpha value is -1.56. The molecular weight excluding hydrogens is 290 g/mol. The molecule has 1 N–H and O–H groups in total. The predicted molar refractivity (Wildman–Crippen MR) is 92.1 cm³/mol. The van der Waals surface area contributed by atoms with Crippen LogP contribution in [0.2, 0.25) is 0 Å². The fourth-order valence-corrected chi connectivity index (χ4v) is 3.18. The lowest BCUT2D eigenvalue weighted by atomic mass is 10.1. The molecule has 2 rings (SSSR count). The molecular formula is C17H31N5O. The molecule has 2 heterocycles. The minimum atomic E-state index is -0.0804. The maximum absolute atomic E-state index is 11.6. The highest BCUT2D eigenvalue weighted by molar-refractivity contribution is 5.73. The van der Waals surface area contributed by atoms with Gasteiger partial charge in [0.25, 0.3) is 0 Å². The molecule has 1 unspecified atom stereocenters. The van der Waals surface area contributed by atoms with E-state index in [0.29, 0.717) is 6.54 Å². The van der Waals surface area contributed by atoms with Crippen LogP contribution in [0.4, 0.5) is 4.79 Å². The average Bonchev–Trinajstić information content (AvgIpc) is 2.77. The number of nitrogens with one attached hydrogen (secondary N) is 1. The average molecular weight is 321 g/mol. The van der Waals surface area contributed by atoms with Crippen LogP contribution >= 0.6 is 0 Å². The van der Waals surface area contributed by atoms with Crippen molar-refractivity contribution in [3.8, 4) is 0 Å². The van der Waals surface area contributed by atoms with E-state index in [1.54, 1.807) is 14.1 Å². The lowest BCUT2D eigenvalue weighted by molar-refractivity contribution is 0.217. The van der Waals surface area contributed by atoms with Crippen molar-refractivity contribution in [2.45, 2.75) is 52.7 Å². The zero-order valence-electron chi connectivity index (χ0n) is 15.0. The van der Waals surface area contributed by atoms with Crippen molar-refractivity contribution in [2.24, 2.45) is 5.92 Å². The Morgan fingerprint density at radius 3 is 2.91 bits per heavy atom. The van der Waals surface area contributed by atoms with Crippen LogP contribution in [-0.4, -0.2) is 52.8 Å². The van der Waals surface area contributed by atoms with Crippen LogP contribution in [0.1, 0.15) is 44.5 Å². The SMILES string of the molecule is CCCC(C)CN1CCCn2nc(CNC(=O)N(C)C)cc2C1. The van der Waals surface area contributed by atoms with E-state index in [0.717, 1.165) is 44.2 Å². The van der Waals surface area contributed by atoms with Gasteiger partial charge in [0.2, 0.25) is 0 Å². The normalized spacial score (nSPS) is 16.5. The summed E-state index contributed by atoms with van der Waals surface area (Å²) >= 11 is 0. The van der Waals surface area contributed by atoms with E-state index in [-0.39, 0.29) is 6.03 Å². The van der Waals surface area contributed by atoms with Crippen LogP contribution in [0, 0.1) is 5.92 Å². The molecule has 1 aromatic heterocycles. The molecule has 2 amide bonds. The zero-order chi connectivity index (χ0) is 16.8. The van der Waals surface area contributed by atoms with E-state index in [2.05, 4.69) is 39.9 Å². The van der Waals surface area contributed by atoms with Crippen molar-refractivity contribution < 1.29 is 4.79 Å². The summed E-state index contributed by atoms with van der Waals surface area (Å²) in [5, 5.41) is 7.53. The molecule has 0 radical (unpaired) electrons. The molecule has 1 aromatic rings. The second kappa shape index (κ2) is 8.34. The standard InChI is InChI=1S/C17H31N5O/c1-5-7-14(2)12-21-8-6-9-22-16(13-21)10-15(19-22)11-18-17(23)20(3)4/h10,14H,5-9,11-13H2,1-4H3,(H,18,23). The lowest BCUT2D eigenvalue weighted by Gasteiger charge is -2.23. The first-order valence-corrected chi connectivity index (χ1v) is 8.72. The van der Waals surface area contributed by atoms with E-state index >= 15 is 0 Å². The van der Waals surface area contributed by atoms with Gasteiger partial charge in [-0.05, 0) is 24.8 Å². The number of aryl methyl sites for hydroxylation is 1. The summed E-state index contributed by atoms with van der Waals surface area (Å²) in [5.74, 6) is 0.744. The Bertz CT molecular complexity index is 511. The smallest absolute Gasteiger partial charge is 0.317 e. The van der Waals surface area contributed by atoms with Crippen LogP contribution in [0.5, 0.6) is 0 Å². The predicted octanol–water partition coefficient (Wildman–Crippen LogP) is 2.30. The van der Waals surface area contributed by atoms with Crippen LogP contribution in [0.25, 0.3) is 0 Å². The van der Waals surface area contributed by atoms with E-state index in [1.807, 2.05) is 0 Å². The number of rotatable bonds is 6. The summed E-state index contributed by atoms with van der Waals surface area (Å²) < 4.78 is 2.11. The summed E-state index contributed by atoms with van der Waals surface area (Å²) in [4.78, 5) is 15.7. The van der Waals surface area contributed by atoms with Crippen LogP contribution < -0.4 is 5.32 Å². The summed E-state index contributed by atoms with van der Waals surface area (Å²) in [7, 11) is 3.49. The highest BCUT2D eigenvalue weighted by Crippen LogP contribution is 2.16. The van der Waals surface area contributed by atoms with Gasteiger partial charge in [-0.15, -0.1) is 0 Å². The van der Waals surface area contributed by atoms with Crippen molar-refractivity contribution in [1.29, 1.82) is 0 Å². The minimum absolute atomic E-state index is 0.0804. The van der Waals surface area contributed by atoms with Crippen molar-refractivity contribution >= 4 is 6.03 Å². The minimum Gasteiger partial charge on any atom is -0.332 e. The zero-order valence-corrected chi connectivity index (χ0v) is 15.0. The number of hydrogen-bond donors (Lipinski definition) is 1. The van der Waals surface area contributed by atoms with Crippen LogP contribution in [-0.2, 0) is 19.6 Å². The molecule has 130 valence electrons. The molecule has 0 saturated heterocycles. The second-order valence-corrected chi connectivity index (χ2v) is 6.89. The third-order valence-corrected chi connectivity index (χ3v) is 4.32. The van der Waals surface area contributed by atoms with Crippen molar-refractivity contribution in [2.75, 3.05) is 27.2 Å². The Balaban J connectivity index is 1.94. The number of fused-ring (bicyclic) bond motifs is 1. The van der Waals surface area contributed by atoms with Gasteiger partial charge < -0.3 is 10.2 Å². The van der Waals surface area contributed by atoms with Gasteiger partial charge in [0.1, 0.15) is 0 Å². The number of carbonyl (C=O) groups is 1. The molecule has 0 saturated carbocycles. The topological polar surface area (TPSA) is 53.4 Å². The molecule has 1 aliphatic rings. The monoisotopic (exact) mass is 321 g/mol. The molecule has 6 nitrogen and oxygen atoms in total. The third-order valence-electron chi connectivity index (χ3n) is 4.32. The molecule has 0 spiro atoms. The quantitative estimate of drug-likeness (QED) is 0.875. The first kappa shape index (κ1) is 17.8.